The van der Waals surface area contributed by atoms with E-state index in [1.54, 1.807) is 18.4 Å². The highest BCUT2D eigenvalue weighted by molar-refractivity contribution is 7.07. The molecule has 2 aromatic heterocycles. The van der Waals surface area contributed by atoms with Crippen LogP contribution >= 0.6 is 11.3 Å². The molecule has 4 heteroatoms. The van der Waals surface area contributed by atoms with E-state index in [1.165, 1.54) is 22.2 Å². The fourth-order valence-corrected chi connectivity index (χ4v) is 3.22. The molecular formula is C17H20N2OS. The molecule has 110 valence electrons. The van der Waals surface area contributed by atoms with Crippen molar-refractivity contribution in [3.63, 3.8) is 0 Å². The van der Waals surface area contributed by atoms with E-state index in [-0.39, 0.29) is 0 Å². The summed E-state index contributed by atoms with van der Waals surface area (Å²) in [6.07, 6.45) is 0. The number of para-hydroxylation sites is 1. The Labute approximate surface area is 129 Å². The Kier molecular flexibility index (Phi) is 4.70. The van der Waals surface area contributed by atoms with Crippen LogP contribution in [0.1, 0.15) is 11.3 Å². The van der Waals surface area contributed by atoms with Crippen LogP contribution in [0.3, 0.4) is 0 Å². The monoisotopic (exact) mass is 300 g/mol. The van der Waals surface area contributed by atoms with Crippen LogP contribution in [0.4, 0.5) is 0 Å². The molecule has 2 heterocycles. The lowest BCUT2D eigenvalue weighted by atomic mass is 10.2. The molecule has 0 radical (unpaired) electrons. The average Bonchev–Trinajstić information content (AvgIpc) is 3.13. The normalized spacial score (nSPS) is 11.3. The Morgan fingerprint density at radius 3 is 2.95 bits per heavy atom. The number of methoxy groups -OCH3 is 1. The molecule has 3 rings (SSSR count). The lowest BCUT2D eigenvalue weighted by Gasteiger charge is -2.11. The number of nitrogens with zero attached hydrogens (tertiary/aromatic N) is 1. The third kappa shape index (κ3) is 3.35. The van der Waals surface area contributed by atoms with Gasteiger partial charge in [-0.2, -0.15) is 11.3 Å². The van der Waals surface area contributed by atoms with E-state index >= 15 is 0 Å². The fraction of sp³-hybridized carbons (Fsp3) is 0.294. The van der Waals surface area contributed by atoms with Gasteiger partial charge in [0.25, 0.3) is 0 Å². The number of thiophene rings is 1. The minimum atomic E-state index is 0.741. The summed E-state index contributed by atoms with van der Waals surface area (Å²) in [7, 11) is 1.73. The van der Waals surface area contributed by atoms with Crippen molar-refractivity contribution in [2.75, 3.05) is 20.3 Å². The van der Waals surface area contributed by atoms with Crippen LogP contribution in [0.2, 0.25) is 0 Å². The molecule has 0 saturated heterocycles. The van der Waals surface area contributed by atoms with Crippen molar-refractivity contribution in [2.45, 2.75) is 13.1 Å². The lowest BCUT2D eigenvalue weighted by molar-refractivity contribution is 0.199. The van der Waals surface area contributed by atoms with E-state index in [9.17, 15) is 0 Å². The SMILES string of the molecule is COCCNCc1cc2ccccc2n1Cc1ccsc1. The average molecular weight is 300 g/mol. The van der Waals surface area contributed by atoms with Crippen LogP contribution in [0.15, 0.2) is 47.2 Å². The van der Waals surface area contributed by atoms with Gasteiger partial charge in [-0.25, -0.2) is 0 Å². The van der Waals surface area contributed by atoms with Gasteiger partial charge in [0, 0.05) is 38.0 Å². The molecule has 1 aromatic carbocycles. The Hall–Kier alpha value is -1.62. The summed E-state index contributed by atoms with van der Waals surface area (Å²) in [4.78, 5) is 0. The predicted molar refractivity (Wildman–Crippen MR) is 88.9 cm³/mol. The first-order valence-corrected chi connectivity index (χ1v) is 8.10. The van der Waals surface area contributed by atoms with Crippen LogP contribution < -0.4 is 5.32 Å². The summed E-state index contributed by atoms with van der Waals surface area (Å²) in [5, 5.41) is 9.10. The highest BCUT2D eigenvalue weighted by Gasteiger charge is 2.08. The van der Waals surface area contributed by atoms with Crippen LogP contribution in [0.25, 0.3) is 10.9 Å². The maximum absolute atomic E-state index is 5.09. The van der Waals surface area contributed by atoms with Crippen molar-refractivity contribution in [3.8, 4) is 0 Å². The van der Waals surface area contributed by atoms with Gasteiger partial charge in [-0.1, -0.05) is 18.2 Å². The zero-order valence-corrected chi connectivity index (χ0v) is 13.0. The Morgan fingerprint density at radius 1 is 1.24 bits per heavy atom. The second-order valence-electron chi connectivity index (χ2n) is 5.08. The van der Waals surface area contributed by atoms with Crippen LogP contribution in [-0.4, -0.2) is 24.8 Å². The van der Waals surface area contributed by atoms with E-state index in [0.29, 0.717) is 0 Å². The summed E-state index contributed by atoms with van der Waals surface area (Å²) < 4.78 is 7.49. The van der Waals surface area contributed by atoms with E-state index in [1.807, 2.05) is 0 Å². The molecule has 0 unspecified atom stereocenters. The largest absolute Gasteiger partial charge is 0.383 e. The number of hydrogen-bond acceptors (Lipinski definition) is 3. The van der Waals surface area contributed by atoms with Gasteiger partial charge < -0.3 is 14.6 Å². The number of fused-ring (bicyclic) bond motifs is 1. The van der Waals surface area contributed by atoms with Crippen LogP contribution in [0.5, 0.6) is 0 Å². The summed E-state index contributed by atoms with van der Waals surface area (Å²) in [5.41, 5.74) is 3.98. The number of aromatic nitrogens is 1. The number of nitrogens with one attached hydrogen (secondary N) is 1. The van der Waals surface area contributed by atoms with Crippen molar-refractivity contribution < 1.29 is 4.74 Å². The molecule has 0 aliphatic carbocycles. The fourth-order valence-electron chi connectivity index (χ4n) is 2.56. The van der Waals surface area contributed by atoms with Crippen molar-refractivity contribution in [2.24, 2.45) is 0 Å². The van der Waals surface area contributed by atoms with E-state index in [2.05, 4.69) is 57.0 Å². The minimum Gasteiger partial charge on any atom is -0.383 e. The Balaban J connectivity index is 1.86. The quantitative estimate of drug-likeness (QED) is 0.676. The number of hydrogen-bond donors (Lipinski definition) is 1. The molecule has 0 amide bonds. The summed E-state index contributed by atoms with van der Waals surface area (Å²) in [6.45, 7) is 3.40. The summed E-state index contributed by atoms with van der Waals surface area (Å²) in [6, 6.07) is 13.1. The highest BCUT2D eigenvalue weighted by Crippen LogP contribution is 2.22. The van der Waals surface area contributed by atoms with Crippen molar-refractivity contribution in [1.29, 1.82) is 0 Å². The van der Waals surface area contributed by atoms with Gasteiger partial charge >= 0.3 is 0 Å². The van der Waals surface area contributed by atoms with E-state index in [0.717, 1.165) is 26.2 Å². The Morgan fingerprint density at radius 2 is 2.14 bits per heavy atom. The van der Waals surface area contributed by atoms with Gasteiger partial charge in [0.15, 0.2) is 0 Å². The van der Waals surface area contributed by atoms with Crippen LogP contribution in [0, 0.1) is 0 Å². The standard InChI is InChI=1S/C17H20N2OS/c1-20-8-7-18-11-16-10-15-4-2-3-5-17(15)19(16)12-14-6-9-21-13-14/h2-6,9-10,13,18H,7-8,11-12H2,1H3. The third-order valence-corrected chi connectivity index (χ3v) is 4.34. The maximum atomic E-state index is 5.09. The van der Waals surface area contributed by atoms with Gasteiger partial charge in [0.2, 0.25) is 0 Å². The molecule has 0 fully saturated rings. The van der Waals surface area contributed by atoms with Crippen LogP contribution in [-0.2, 0) is 17.8 Å². The predicted octanol–water partition coefficient (Wildman–Crippen LogP) is 3.49. The Bertz CT molecular complexity index is 688. The van der Waals surface area contributed by atoms with Gasteiger partial charge in [-0.15, -0.1) is 0 Å². The first-order chi connectivity index (χ1) is 10.4. The molecule has 21 heavy (non-hydrogen) atoms. The first kappa shape index (κ1) is 14.3. The summed E-state index contributed by atoms with van der Waals surface area (Å²) in [5.74, 6) is 0. The third-order valence-electron chi connectivity index (χ3n) is 3.61. The van der Waals surface area contributed by atoms with Crippen molar-refractivity contribution in [3.05, 3.63) is 58.4 Å². The zero-order valence-electron chi connectivity index (χ0n) is 12.2. The van der Waals surface area contributed by atoms with Crippen molar-refractivity contribution in [1.82, 2.24) is 9.88 Å². The van der Waals surface area contributed by atoms with E-state index in [4.69, 9.17) is 4.74 Å². The molecule has 0 saturated carbocycles. The topological polar surface area (TPSA) is 26.2 Å². The highest BCUT2D eigenvalue weighted by atomic mass is 32.1. The van der Waals surface area contributed by atoms with Gasteiger partial charge in [0.05, 0.1) is 6.61 Å². The second-order valence-corrected chi connectivity index (χ2v) is 5.86. The number of benzene rings is 1. The second kappa shape index (κ2) is 6.89. The van der Waals surface area contributed by atoms with Gasteiger partial charge in [-0.05, 0) is 39.9 Å². The molecule has 0 spiro atoms. The molecule has 3 aromatic rings. The number of rotatable bonds is 7. The lowest BCUT2D eigenvalue weighted by Crippen LogP contribution is -2.20. The number of ether oxygens (including phenoxy) is 1. The van der Waals surface area contributed by atoms with Gasteiger partial charge in [-0.3, -0.25) is 0 Å². The molecule has 0 aliphatic rings. The molecule has 1 N–H and O–H groups in total. The van der Waals surface area contributed by atoms with Crippen molar-refractivity contribution >= 4 is 22.2 Å². The first-order valence-electron chi connectivity index (χ1n) is 7.16. The molecule has 0 bridgehead atoms. The maximum Gasteiger partial charge on any atom is 0.0587 e. The molecule has 0 aliphatic heterocycles. The smallest absolute Gasteiger partial charge is 0.0587 e. The molecule has 0 atom stereocenters. The zero-order chi connectivity index (χ0) is 14.5. The minimum absolute atomic E-state index is 0.741. The van der Waals surface area contributed by atoms with E-state index < -0.39 is 0 Å². The summed E-state index contributed by atoms with van der Waals surface area (Å²) >= 11 is 1.75. The van der Waals surface area contributed by atoms with Gasteiger partial charge in [0.1, 0.15) is 0 Å². The molecule has 3 nitrogen and oxygen atoms in total. The molecular weight excluding hydrogens is 280 g/mol.